The summed E-state index contributed by atoms with van der Waals surface area (Å²) in [5, 5.41) is 4.94. The monoisotopic (exact) mass is 416 g/mol. The Morgan fingerprint density at radius 3 is 2.50 bits per heavy atom. The maximum atomic E-state index is 13.0. The van der Waals surface area contributed by atoms with Crippen molar-refractivity contribution in [2.75, 3.05) is 6.61 Å². The van der Waals surface area contributed by atoms with Crippen molar-refractivity contribution >= 4 is 16.9 Å². The van der Waals surface area contributed by atoms with Gasteiger partial charge in [0.25, 0.3) is 5.56 Å². The van der Waals surface area contributed by atoms with Gasteiger partial charge in [-0.15, -0.1) is 0 Å². The molecule has 0 aromatic heterocycles. The van der Waals surface area contributed by atoms with Crippen molar-refractivity contribution < 1.29 is 27.1 Å². The van der Waals surface area contributed by atoms with E-state index in [9.17, 15) is 22.8 Å². The average Bonchev–Trinajstić information content (AvgIpc) is 3.03. The fraction of sp³-hybridized carbons (Fsp3) is 0.190. The van der Waals surface area contributed by atoms with Gasteiger partial charge in [-0.25, -0.2) is 4.68 Å². The first-order chi connectivity index (χ1) is 14.3. The highest BCUT2D eigenvalue weighted by atomic mass is 19.4. The van der Waals surface area contributed by atoms with E-state index >= 15 is 0 Å². The Bertz CT molecular complexity index is 1260. The molecule has 0 bridgehead atoms. The number of esters is 1. The number of hydrogen-bond donors (Lipinski definition) is 0. The molecule has 2 heterocycles. The highest BCUT2D eigenvalue weighted by molar-refractivity contribution is 5.97. The molecule has 9 heteroatoms. The third kappa shape index (κ3) is 3.54. The molecule has 0 amide bonds. The van der Waals surface area contributed by atoms with E-state index < -0.39 is 23.3 Å². The zero-order valence-corrected chi connectivity index (χ0v) is 15.7. The van der Waals surface area contributed by atoms with E-state index in [1.807, 2.05) is 0 Å². The van der Waals surface area contributed by atoms with Crippen LogP contribution in [0.4, 0.5) is 13.2 Å². The van der Waals surface area contributed by atoms with Crippen LogP contribution in [0.2, 0.25) is 0 Å². The fourth-order valence-corrected chi connectivity index (χ4v) is 3.19. The number of hydrogen-bond acceptors (Lipinski definition) is 5. The van der Waals surface area contributed by atoms with Crippen molar-refractivity contribution in [1.29, 1.82) is 0 Å². The summed E-state index contributed by atoms with van der Waals surface area (Å²) in [7, 11) is 0. The molecule has 0 unspecified atom stereocenters. The van der Waals surface area contributed by atoms with Gasteiger partial charge in [0.2, 0.25) is 0 Å². The summed E-state index contributed by atoms with van der Waals surface area (Å²) in [5.41, 5.74) is -0.0277. The number of para-hydroxylation sites is 1. The van der Waals surface area contributed by atoms with E-state index in [0.29, 0.717) is 22.2 Å². The summed E-state index contributed by atoms with van der Waals surface area (Å²) in [6.45, 7) is 1.25. The SMILES string of the molecule is CC(=O)OCCn1nc2c3ccccc3oc(-c3ccc(C(F)(F)F)cc3)c-2c1=O. The molecule has 0 radical (unpaired) electrons. The largest absolute Gasteiger partial charge is 0.464 e. The zero-order chi connectivity index (χ0) is 21.5. The molecule has 0 spiro atoms. The maximum absolute atomic E-state index is 13.0. The topological polar surface area (TPSA) is 74.3 Å². The second kappa shape index (κ2) is 7.33. The average molecular weight is 416 g/mol. The second-order valence-electron chi connectivity index (χ2n) is 6.59. The van der Waals surface area contributed by atoms with E-state index in [2.05, 4.69) is 5.10 Å². The lowest BCUT2D eigenvalue weighted by Gasteiger charge is -2.10. The minimum Gasteiger partial charge on any atom is -0.464 e. The maximum Gasteiger partial charge on any atom is 0.416 e. The molecule has 2 aromatic rings. The molecule has 0 N–H and O–H groups in total. The molecular weight excluding hydrogens is 401 g/mol. The van der Waals surface area contributed by atoms with Crippen molar-refractivity contribution in [3.63, 3.8) is 0 Å². The van der Waals surface area contributed by atoms with E-state index in [0.717, 1.165) is 16.8 Å². The molecule has 154 valence electrons. The van der Waals surface area contributed by atoms with Gasteiger partial charge < -0.3 is 9.15 Å². The summed E-state index contributed by atoms with van der Waals surface area (Å²) in [6, 6.07) is 11.3. The minimum absolute atomic E-state index is 0.0356. The number of benzene rings is 2. The van der Waals surface area contributed by atoms with Gasteiger partial charge in [0.15, 0.2) is 0 Å². The van der Waals surface area contributed by atoms with Crippen LogP contribution in [0.25, 0.3) is 33.6 Å². The van der Waals surface area contributed by atoms with Crippen molar-refractivity contribution in [2.45, 2.75) is 19.6 Å². The van der Waals surface area contributed by atoms with Crippen LogP contribution in [0.3, 0.4) is 0 Å². The van der Waals surface area contributed by atoms with Gasteiger partial charge in [0.1, 0.15) is 29.2 Å². The van der Waals surface area contributed by atoms with Crippen molar-refractivity contribution in [2.24, 2.45) is 0 Å². The predicted molar refractivity (Wildman–Crippen MR) is 102 cm³/mol. The number of fused-ring (bicyclic) bond motifs is 3. The highest BCUT2D eigenvalue weighted by Gasteiger charge is 2.31. The Kier molecular flexibility index (Phi) is 4.81. The molecule has 2 aromatic carbocycles. The standard InChI is InChI=1S/C21H15F3N2O4/c1-12(27)29-11-10-26-20(28)17-18(25-26)15-4-2-3-5-16(15)30-19(17)13-6-8-14(9-7-13)21(22,23)24/h2-9H,10-11H2,1H3. The van der Waals surface area contributed by atoms with Crippen LogP contribution >= 0.6 is 0 Å². The number of aromatic nitrogens is 2. The lowest BCUT2D eigenvalue weighted by molar-refractivity contribution is -0.141. The van der Waals surface area contributed by atoms with Crippen LogP contribution in [0, 0.1) is 0 Å². The Labute approximate surface area is 167 Å². The number of nitrogens with zero attached hydrogens (tertiary/aromatic N) is 2. The van der Waals surface area contributed by atoms with Crippen LogP contribution in [-0.2, 0) is 22.3 Å². The molecule has 6 nitrogen and oxygen atoms in total. The van der Waals surface area contributed by atoms with Crippen molar-refractivity contribution in [3.05, 3.63) is 64.4 Å². The molecule has 0 fully saturated rings. The number of carbonyl (C=O) groups is 1. The van der Waals surface area contributed by atoms with E-state index in [1.165, 1.54) is 19.1 Å². The lowest BCUT2D eigenvalue weighted by atomic mass is 10.0. The van der Waals surface area contributed by atoms with Crippen LogP contribution in [0.15, 0.2) is 57.7 Å². The van der Waals surface area contributed by atoms with Gasteiger partial charge in [-0.1, -0.05) is 24.3 Å². The summed E-state index contributed by atoms with van der Waals surface area (Å²) in [4.78, 5) is 24.0. The van der Waals surface area contributed by atoms with E-state index in [4.69, 9.17) is 9.15 Å². The molecule has 0 saturated carbocycles. The third-order valence-electron chi connectivity index (χ3n) is 4.57. The normalized spacial score (nSPS) is 11.9. The first-order valence-corrected chi connectivity index (χ1v) is 8.99. The van der Waals surface area contributed by atoms with Gasteiger partial charge in [-0.05, 0) is 24.3 Å². The Balaban J connectivity index is 1.89. The van der Waals surface area contributed by atoms with Crippen molar-refractivity contribution in [3.8, 4) is 22.6 Å². The second-order valence-corrected chi connectivity index (χ2v) is 6.59. The van der Waals surface area contributed by atoms with Crippen LogP contribution < -0.4 is 5.56 Å². The van der Waals surface area contributed by atoms with E-state index in [1.54, 1.807) is 24.3 Å². The number of rotatable bonds is 4. The summed E-state index contributed by atoms with van der Waals surface area (Å²) in [5.74, 6) is -0.355. The first kappa shape index (κ1) is 19.7. The Morgan fingerprint density at radius 2 is 1.83 bits per heavy atom. The summed E-state index contributed by atoms with van der Waals surface area (Å²) >= 11 is 0. The van der Waals surface area contributed by atoms with Gasteiger partial charge in [0.05, 0.1) is 12.1 Å². The minimum atomic E-state index is -4.47. The van der Waals surface area contributed by atoms with Crippen molar-refractivity contribution in [1.82, 2.24) is 9.78 Å². The van der Waals surface area contributed by atoms with Crippen LogP contribution in [0.5, 0.6) is 0 Å². The molecule has 2 aliphatic heterocycles. The fourth-order valence-electron chi connectivity index (χ4n) is 3.19. The Hall–Kier alpha value is -3.62. The molecule has 0 saturated heterocycles. The first-order valence-electron chi connectivity index (χ1n) is 8.99. The molecule has 2 aliphatic rings. The molecule has 0 aliphatic carbocycles. The van der Waals surface area contributed by atoms with Crippen LogP contribution in [0.1, 0.15) is 12.5 Å². The summed E-state index contributed by atoms with van der Waals surface area (Å²) < 4.78 is 50.6. The third-order valence-corrected chi connectivity index (χ3v) is 4.57. The Morgan fingerprint density at radius 1 is 1.13 bits per heavy atom. The highest BCUT2D eigenvalue weighted by Crippen LogP contribution is 2.38. The number of carbonyl (C=O) groups excluding carboxylic acids is 1. The lowest BCUT2D eigenvalue weighted by Crippen LogP contribution is -2.20. The van der Waals surface area contributed by atoms with Gasteiger partial charge in [-0.2, -0.15) is 18.3 Å². The van der Waals surface area contributed by atoms with Gasteiger partial charge in [0, 0.05) is 17.9 Å². The quantitative estimate of drug-likeness (QED) is 0.463. The molecule has 30 heavy (non-hydrogen) atoms. The number of alkyl halides is 3. The van der Waals surface area contributed by atoms with E-state index in [-0.39, 0.29) is 24.5 Å². The van der Waals surface area contributed by atoms with Crippen LogP contribution in [-0.4, -0.2) is 22.4 Å². The van der Waals surface area contributed by atoms with Gasteiger partial charge in [-0.3, -0.25) is 9.59 Å². The number of ether oxygens (including phenoxy) is 1. The summed E-state index contributed by atoms with van der Waals surface area (Å²) in [6.07, 6.45) is -4.47. The predicted octanol–water partition coefficient (Wildman–Crippen LogP) is 4.34. The number of halogens is 3. The molecule has 4 rings (SSSR count). The molecule has 0 atom stereocenters. The smallest absolute Gasteiger partial charge is 0.416 e. The molecular formula is C21H15F3N2O4. The zero-order valence-electron chi connectivity index (χ0n) is 15.7. The van der Waals surface area contributed by atoms with Gasteiger partial charge >= 0.3 is 12.1 Å².